The molecule has 0 aliphatic heterocycles. The van der Waals surface area contributed by atoms with Gasteiger partial charge in [-0.25, -0.2) is 4.98 Å². The molecule has 0 unspecified atom stereocenters. The smallest absolute Gasteiger partial charge is 0.134 e. The zero-order chi connectivity index (χ0) is 11.7. The zero-order valence-corrected chi connectivity index (χ0v) is 10.0. The Hall–Kier alpha value is -1.48. The van der Waals surface area contributed by atoms with E-state index in [-0.39, 0.29) is 0 Å². The molecule has 0 amide bonds. The van der Waals surface area contributed by atoms with Crippen LogP contribution < -0.4 is 11.1 Å². The lowest BCUT2D eigenvalue weighted by molar-refractivity contribution is 0.892. The van der Waals surface area contributed by atoms with Gasteiger partial charge >= 0.3 is 0 Å². The number of benzene rings is 1. The van der Waals surface area contributed by atoms with Gasteiger partial charge in [0.25, 0.3) is 0 Å². The lowest BCUT2D eigenvalue weighted by atomic mass is 10.1. The minimum atomic E-state index is 0.329. The van der Waals surface area contributed by atoms with Crippen molar-refractivity contribution in [2.75, 3.05) is 11.1 Å². The van der Waals surface area contributed by atoms with Crippen LogP contribution in [0.3, 0.4) is 0 Å². The van der Waals surface area contributed by atoms with Crippen LogP contribution >= 0.6 is 11.6 Å². The SMILES string of the molecule is CC(C)Nc1nccc2c(N)c(Cl)ccc12. The summed E-state index contributed by atoms with van der Waals surface area (Å²) in [5, 5.41) is 5.80. The summed E-state index contributed by atoms with van der Waals surface area (Å²) in [4.78, 5) is 4.31. The Labute approximate surface area is 99.6 Å². The second-order valence-corrected chi connectivity index (χ2v) is 4.42. The Kier molecular flexibility index (Phi) is 2.88. The molecule has 1 aromatic carbocycles. The monoisotopic (exact) mass is 235 g/mol. The third kappa shape index (κ3) is 1.91. The number of nitrogens with one attached hydrogen (secondary N) is 1. The van der Waals surface area contributed by atoms with Gasteiger partial charge in [0.2, 0.25) is 0 Å². The molecular formula is C12H14ClN3. The van der Waals surface area contributed by atoms with E-state index in [9.17, 15) is 0 Å². The summed E-state index contributed by atoms with van der Waals surface area (Å²) in [6.45, 7) is 4.14. The molecule has 2 rings (SSSR count). The second kappa shape index (κ2) is 4.18. The summed E-state index contributed by atoms with van der Waals surface area (Å²) >= 11 is 5.98. The number of rotatable bonds is 2. The predicted molar refractivity (Wildman–Crippen MR) is 69.9 cm³/mol. The lowest BCUT2D eigenvalue weighted by Gasteiger charge is -2.12. The molecule has 3 N–H and O–H groups in total. The van der Waals surface area contributed by atoms with E-state index in [1.807, 2.05) is 12.1 Å². The Morgan fingerprint density at radius 2 is 2.00 bits per heavy atom. The Balaban J connectivity index is 2.65. The molecule has 0 fully saturated rings. The van der Waals surface area contributed by atoms with Crippen molar-refractivity contribution in [3.05, 3.63) is 29.4 Å². The number of nitrogens with two attached hydrogens (primary N) is 1. The van der Waals surface area contributed by atoms with Gasteiger partial charge in [0.05, 0.1) is 10.7 Å². The third-order valence-corrected chi connectivity index (χ3v) is 2.69. The van der Waals surface area contributed by atoms with Gasteiger partial charge in [-0.1, -0.05) is 11.6 Å². The van der Waals surface area contributed by atoms with Crippen LogP contribution in [0.1, 0.15) is 13.8 Å². The predicted octanol–water partition coefficient (Wildman–Crippen LogP) is 3.29. The average molecular weight is 236 g/mol. The molecule has 0 spiro atoms. The highest BCUT2D eigenvalue weighted by molar-refractivity contribution is 6.34. The Bertz CT molecular complexity index is 523. The maximum Gasteiger partial charge on any atom is 0.134 e. The molecule has 1 heterocycles. The molecule has 0 bridgehead atoms. The van der Waals surface area contributed by atoms with Crippen LogP contribution in [0, 0.1) is 0 Å². The quantitative estimate of drug-likeness (QED) is 0.786. The van der Waals surface area contributed by atoms with E-state index in [0.29, 0.717) is 16.8 Å². The molecule has 0 atom stereocenters. The number of nitrogens with zero attached hydrogens (tertiary/aromatic N) is 1. The van der Waals surface area contributed by atoms with E-state index in [2.05, 4.69) is 24.1 Å². The van der Waals surface area contributed by atoms with Gasteiger partial charge in [0.15, 0.2) is 0 Å². The van der Waals surface area contributed by atoms with E-state index in [0.717, 1.165) is 16.6 Å². The maximum absolute atomic E-state index is 5.98. The first kappa shape index (κ1) is 11.0. The molecule has 84 valence electrons. The van der Waals surface area contributed by atoms with Gasteiger partial charge in [-0.05, 0) is 32.0 Å². The normalized spacial score (nSPS) is 11.0. The average Bonchev–Trinajstić information content (AvgIpc) is 2.23. The molecular weight excluding hydrogens is 222 g/mol. The molecule has 4 heteroatoms. The Morgan fingerprint density at radius 1 is 1.25 bits per heavy atom. The number of halogens is 1. The van der Waals surface area contributed by atoms with E-state index in [1.54, 1.807) is 12.3 Å². The fourth-order valence-electron chi connectivity index (χ4n) is 1.64. The maximum atomic E-state index is 5.98. The summed E-state index contributed by atoms with van der Waals surface area (Å²) < 4.78 is 0. The van der Waals surface area contributed by atoms with Crippen molar-refractivity contribution in [2.45, 2.75) is 19.9 Å². The van der Waals surface area contributed by atoms with E-state index >= 15 is 0 Å². The van der Waals surface area contributed by atoms with Crippen molar-refractivity contribution in [3.8, 4) is 0 Å². The highest BCUT2D eigenvalue weighted by atomic mass is 35.5. The first-order valence-corrected chi connectivity index (χ1v) is 5.56. The van der Waals surface area contributed by atoms with Crippen molar-refractivity contribution in [1.82, 2.24) is 4.98 Å². The molecule has 0 radical (unpaired) electrons. The van der Waals surface area contributed by atoms with Crippen LogP contribution in [-0.4, -0.2) is 11.0 Å². The Morgan fingerprint density at radius 3 is 2.69 bits per heavy atom. The van der Waals surface area contributed by atoms with Gasteiger partial charge < -0.3 is 11.1 Å². The summed E-state index contributed by atoms with van der Waals surface area (Å²) in [7, 11) is 0. The van der Waals surface area contributed by atoms with Crippen LogP contribution in [0.5, 0.6) is 0 Å². The topological polar surface area (TPSA) is 50.9 Å². The molecule has 0 saturated carbocycles. The number of hydrogen-bond acceptors (Lipinski definition) is 3. The molecule has 1 aromatic heterocycles. The summed E-state index contributed by atoms with van der Waals surface area (Å²) in [6.07, 6.45) is 1.74. The van der Waals surface area contributed by atoms with Gasteiger partial charge in [-0.2, -0.15) is 0 Å². The summed E-state index contributed by atoms with van der Waals surface area (Å²) in [5.74, 6) is 0.843. The molecule has 3 nitrogen and oxygen atoms in total. The lowest BCUT2D eigenvalue weighted by Crippen LogP contribution is -2.11. The van der Waals surface area contributed by atoms with Crippen LogP contribution in [-0.2, 0) is 0 Å². The van der Waals surface area contributed by atoms with Gasteiger partial charge in [0, 0.05) is 23.0 Å². The van der Waals surface area contributed by atoms with Crippen molar-refractivity contribution < 1.29 is 0 Å². The summed E-state index contributed by atoms with van der Waals surface area (Å²) in [5.41, 5.74) is 6.54. The van der Waals surface area contributed by atoms with Crippen LogP contribution in [0.25, 0.3) is 10.8 Å². The van der Waals surface area contributed by atoms with E-state index < -0.39 is 0 Å². The minimum Gasteiger partial charge on any atom is -0.397 e. The number of anilines is 2. The number of nitrogen functional groups attached to an aromatic ring is 1. The largest absolute Gasteiger partial charge is 0.397 e. The molecule has 0 aliphatic rings. The molecule has 0 aliphatic carbocycles. The zero-order valence-electron chi connectivity index (χ0n) is 9.29. The molecule has 0 saturated heterocycles. The highest BCUT2D eigenvalue weighted by Crippen LogP contribution is 2.31. The fourth-order valence-corrected chi connectivity index (χ4v) is 1.80. The van der Waals surface area contributed by atoms with Gasteiger partial charge in [-0.15, -0.1) is 0 Å². The van der Waals surface area contributed by atoms with Crippen molar-refractivity contribution >= 4 is 33.9 Å². The third-order valence-electron chi connectivity index (χ3n) is 2.36. The van der Waals surface area contributed by atoms with Crippen LogP contribution in [0.15, 0.2) is 24.4 Å². The first-order valence-electron chi connectivity index (χ1n) is 5.19. The standard InChI is InChI=1S/C12H14ClN3/c1-7(2)16-12-9-3-4-10(13)11(14)8(9)5-6-15-12/h3-7H,14H2,1-2H3,(H,15,16). The van der Waals surface area contributed by atoms with E-state index in [1.165, 1.54) is 0 Å². The molecule has 16 heavy (non-hydrogen) atoms. The second-order valence-electron chi connectivity index (χ2n) is 4.01. The fraction of sp³-hybridized carbons (Fsp3) is 0.250. The van der Waals surface area contributed by atoms with Gasteiger partial charge in [0.1, 0.15) is 5.82 Å². The van der Waals surface area contributed by atoms with E-state index in [4.69, 9.17) is 17.3 Å². The van der Waals surface area contributed by atoms with Crippen molar-refractivity contribution in [3.63, 3.8) is 0 Å². The van der Waals surface area contributed by atoms with Crippen molar-refractivity contribution in [1.29, 1.82) is 0 Å². The number of aromatic nitrogens is 1. The van der Waals surface area contributed by atoms with Crippen LogP contribution in [0.4, 0.5) is 11.5 Å². The number of pyridine rings is 1. The van der Waals surface area contributed by atoms with Crippen molar-refractivity contribution in [2.24, 2.45) is 0 Å². The molecule has 2 aromatic rings. The minimum absolute atomic E-state index is 0.329. The number of hydrogen-bond donors (Lipinski definition) is 2. The summed E-state index contributed by atoms with van der Waals surface area (Å²) in [6, 6.07) is 5.94. The highest BCUT2D eigenvalue weighted by Gasteiger charge is 2.07. The number of fused-ring (bicyclic) bond motifs is 1. The van der Waals surface area contributed by atoms with Gasteiger partial charge in [-0.3, -0.25) is 0 Å². The van der Waals surface area contributed by atoms with Crippen LogP contribution in [0.2, 0.25) is 5.02 Å². The first-order chi connectivity index (χ1) is 7.59.